The predicted molar refractivity (Wildman–Crippen MR) is 89.8 cm³/mol. The standard InChI is InChI=1S/C19H18F3NO3/c20-19(21,22)17(24)9-10-23-18(25)26-11-16-14-7-3-1-5-12(14)13-6-2-4-8-15(13)16/h1-8,16-17,24H,9-11H2,(H,23,25). The van der Waals surface area contributed by atoms with Crippen molar-refractivity contribution in [2.75, 3.05) is 13.2 Å². The Balaban J connectivity index is 1.57. The van der Waals surface area contributed by atoms with Crippen molar-refractivity contribution < 1.29 is 27.8 Å². The summed E-state index contributed by atoms with van der Waals surface area (Å²) in [7, 11) is 0. The monoisotopic (exact) mass is 365 g/mol. The zero-order chi connectivity index (χ0) is 18.7. The van der Waals surface area contributed by atoms with E-state index in [-0.39, 0.29) is 19.1 Å². The second-order valence-corrected chi connectivity index (χ2v) is 6.10. The third-order valence-corrected chi connectivity index (χ3v) is 4.41. The van der Waals surface area contributed by atoms with E-state index < -0.39 is 24.8 Å². The van der Waals surface area contributed by atoms with E-state index in [1.54, 1.807) is 0 Å². The van der Waals surface area contributed by atoms with Crippen LogP contribution in [0, 0.1) is 0 Å². The number of benzene rings is 2. The van der Waals surface area contributed by atoms with Crippen LogP contribution in [0.4, 0.5) is 18.0 Å². The summed E-state index contributed by atoms with van der Waals surface area (Å²) in [6.07, 6.45) is -8.58. The van der Waals surface area contributed by atoms with Crippen molar-refractivity contribution in [2.24, 2.45) is 0 Å². The van der Waals surface area contributed by atoms with E-state index in [1.165, 1.54) is 0 Å². The van der Waals surface area contributed by atoms with Gasteiger partial charge in [0, 0.05) is 12.5 Å². The number of halogens is 3. The molecular formula is C19H18F3NO3. The predicted octanol–water partition coefficient (Wildman–Crippen LogP) is 3.84. The number of aliphatic hydroxyl groups excluding tert-OH is 1. The van der Waals surface area contributed by atoms with Crippen LogP contribution in [0.2, 0.25) is 0 Å². The molecule has 0 fully saturated rings. The number of carbonyl (C=O) groups excluding carboxylic acids is 1. The van der Waals surface area contributed by atoms with E-state index in [0.29, 0.717) is 0 Å². The molecule has 0 bridgehead atoms. The van der Waals surface area contributed by atoms with Gasteiger partial charge in [-0.25, -0.2) is 4.79 Å². The molecule has 0 saturated heterocycles. The molecule has 1 atom stereocenters. The number of alkyl carbamates (subject to hydrolysis) is 1. The van der Waals surface area contributed by atoms with Gasteiger partial charge in [0.05, 0.1) is 0 Å². The Morgan fingerprint density at radius 1 is 1.08 bits per heavy atom. The topological polar surface area (TPSA) is 58.6 Å². The first-order valence-corrected chi connectivity index (χ1v) is 8.21. The number of fused-ring (bicyclic) bond motifs is 3. The van der Waals surface area contributed by atoms with Crippen molar-refractivity contribution in [3.63, 3.8) is 0 Å². The van der Waals surface area contributed by atoms with Gasteiger partial charge in [-0.15, -0.1) is 0 Å². The summed E-state index contributed by atoms with van der Waals surface area (Å²) in [5.41, 5.74) is 4.28. The molecule has 0 aromatic heterocycles. The molecule has 1 aliphatic rings. The number of ether oxygens (including phenoxy) is 1. The van der Waals surface area contributed by atoms with E-state index in [0.717, 1.165) is 22.3 Å². The molecule has 0 aliphatic heterocycles. The molecule has 26 heavy (non-hydrogen) atoms. The van der Waals surface area contributed by atoms with Crippen LogP contribution in [0.15, 0.2) is 48.5 Å². The molecule has 2 N–H and O–H groups in total. The molecule has 138 valence electrons. The van der Waals surface area contributed by atoms with Crippen LogP contribution in [-0.2, 0) is 4.74 Å². The quantitative estimate of drug-likeness (QED) is 0.847. The van der Waals surface area contributed by atoms with Gasteiger partial charge >= 0.3 is 12.3 Å². The molecule has 0 radical (unpaired) electrons. The second kappa shape index (κ2) is 7.37. The molecule has 1 aliphatic carbocycles. The van der Waals surface area contributed by atoms with Crippen molar-refractivity contribution in [3.05, 3.63) is 59.7 Å². The van der Waals surface area contributed by atoms with Gasteiger partial charge in [0.2, 0.25) is 0 Å². The first-order chi connectivity index (χ1) is 12.4. The van der Waals surface area contributed by atoms with E-state index in [1.807, 2.05) is 48.5 Å². The summed E-state index contributed by atoms with van der Waals surface area (Å²) in [6.45, 7) is -0.237. The number of carbonyl (C=O) groups is 1. The summed E-state index contributed by atoms with van der Waals surface area (Å²) < 4.78 is 41.8. The number of amides is 1. The third kappa shape index (κ3) is 3.83. The van der Waals surface area contributed by atoms with Crippen LogP contribution < -0.4 is 5.32 Å². The fourth-order valence-electron chi connectivity index (χ4n) is 3.12. The van der Waals surface area contributed by atoms with Crippen LogP contribution in [0.1, 0.15) is 23.5 Å². The Kier molecular flexibility index (Phi) is 5.18. The molecule has 0 heterocycles. The van der Waals surface area contributed by atoms with Crippen molar-refractivity contribution in [1.82, 2.24) is 5.32 Å². The maximum Gasteiger partial charge on any atom is 0.414 e. The fourth-order valence-corrected chi connectivity index (χ4v) is 3.12. The normalized spacial score (nSPS) is 14.5. The maximum absolute atomic E-state index is 12.2. The Morgan fingerprint density at radius 3 is 2.15 bits per heavy atom. The summed E-state index contributed by atoms with van der Waals surface area (Å²) in [5.74, 6) is -0.117. The van der Waals surface area contributed by atoms with Crippen molar-refractivity contribution in [1.29, 1.82) is 0 Å². The van der Waals surface area contributed by atoms with Gasteiger partial charge in [0.25, 0.3) is 0 Å². The molecule has 0 spiro atoms. The number of hydrogen-bond donors (Lipinski definition) is 2. The number of rotatable bonds is 5. The zero-order valence-corrected chi connectivity index (χ0v) is 13.8. The highest BCUT2D eigenvalue weighted by molar-refractivity contribution is 5.79. The van der Waals surface area contributed by atoms with Crippen molar-refractivity contribution in [2.45, 2.75) is 24.6 Å². The number of hydrogen-bond acceptors (Lipinski definition) is 3. The largest absolute Gasteiger partial charge is 0.449 e. The highest BCUT2D eigenvalue weighted by Gasteiger charge is 2.37. The smallest absolute Gasteiger partial charge is 0.414 e. The summed E-state index contributed by atoms with van der Waals surface area (Å²) in [4.78, 5) is 11.8. The minimum Gasteiger partial charge on any atom is -0.449 e. The van der Waals surface area contributed by atoms with Crippen LogP contribution in [-0.4, -0.2) is 36.6 Å². The van der Waals surface area contributed by atoms with Gasteiger partial charge in [-0.05, 0) is 28.7 Å². The Morgan fingerprint density at radius 2 is 1.62 bits per heavy atom. The fraction of sp³-hybridized carbons (Fsp3) is 0.316. The molecule has 0 saturated carbocycles. The Labute approximate surface area is 148 Å². The molecule has 2 aromatic carbocycles. The number of alkyl halides is 3. The van der Waals surface area contributed by atoms with Gasteiger partial charge in [0.15, 0.2) is 6.10 Å². The van der Waals surface area contributed by atoms with Gasteiger partial charge in [-0.2, -0.15) is 13.2 Å². The zero-order valence-electron chi connectivity index (χ0n) is 13.8. The minimum atomic E-state index is -4.69. The Bertz CT molecular complexity index is 746. The Hall–Kier alpha value is -2.54. The average Bonchev–Trinajstić information content (AvgIpc) is 2.93. The molecule has 1 amide bonds. The number of nitrogens with one attached hydrogen (secondary N) is 1. The minimum absolute atomic E-state index is 0.0850. The highest BCUT2D eigenvalue weighted by atomic mass is 19.4. The highest BCUT2D eigenvalue weighted by Crippen LogP contribution is 2.44. The van der Waals surface area contributed by atoms with Gasteiger partial charge < -0.3 is 15.2 Å². The van der Waals surface area contributed by atoms with Crippen molar-refractivity contribution in [3.8, 4) is 11.1 Å². The van der Waals surface area contributed by atoms with Gasteiger partial charge in [-0.1, -0.05) is 48.5 Å². The van der Waals surface area contributed by atoms with E-state index >= 15 is 0 Å². The third-order valence-electron chi connectivity index (χ3n) is 4.41. The van der Waals surface area contributed by atoms with E-state index in [4.69, 9.17) is 9.84 Å². The van der Waals surface area contributed by atoms with Gasteiger partial charge in [-0.3, -0.25) is 0 Å². The molecule has 1 unspecified atom stereocenters. The van der Waals surface area contributed by atoms with Crippen molar-refractivity contribution >= 4 is 6.09 Å². The van der Waals surface area contributed by atoms with E-state index in [2.05, 4.69) is 5.32 Å². The number of aliphatic hydroxyl groups is 1. The van der Waals surface area contributed by atoms with Crippen LogP contribution in [0.25, 0.3) is 11.1 Å². The SMILES string of the molecule is O=C(NCCC(O)C(F)(F)F)OCC1c2ccccc2-c2ccccc21. The summed E-state index contributed by atoms with van der Waals surface area (Å²) in [6, 6.07) is 15.7. The van der Waals surface area contributed by atoms with Gasteiger partial charge in [0.1, 0.15) is 6.61 Å². The van der Waals surface area contributed by atoms with E-state index in [9.17, 15) is 18.0 Å². The first kappa shape index (κ1) is 18.3. The molecular weight excluding hydrogens is 347 g/mol. The van der Waals surface area contributed by atoms with Crippen LogP contribution in [0.3, 0.4) is 0 Å². The first-order valence-electron chi connectivity index (χ1n) is 8.21. The molecule has 3 rings (SSSR count). The molecule has 7 heteroatoms. The molecule has 2 aromatic rings. The van der Waals surface area contributed by atoms with Crippen LogP contribution in [0.5, 0.6) is 0 Å². The lowest BCUT2D eigenvalue weighted by atomic mass is 9.98. The second-order valence-electron chi connectivity index (χ2n) is 6.10. The maximum atomic E-state index is 12.2. The summed E-state index contributed by atoms with van der Waals surface area (Å²) >= 11 is 0. The lowest BCUT2D eigenvalue weighted by molar-refractivity contribution is -0.204. The summed E-state index contributed by atoms with van der Waals surface area (Å²) in [5, 5.41) is 11.1. The average molecular weight is 365 g/mol. The lowest BCUT2D eigenvalue weighted by Crippen LogP contribution is -2.34. The van der Waals surface area contributed by atoms with Crippen LogP contribution >= 0.6 is 0 Å². The lowest BCUT2D eigenvalue weighted by Gasteiger charge is -2.16. The molecule has 4 nitrogen and oxygen atoms in total.